The molecule has 1 aromatic heterocycles. The molecule has 1 saturated heterocycles. The molecule has 24 heavy (non-hydrogen) atoms. The first kappa shape index (κ1) is 16.6. The van der Waals surface area contributed by atoms with Crippen LogP contribution in [0.4, 0.5) is 4.79 Å². The number of ether oxygens (including phenoxy) is 1. The molecule has 0 bridgehead atoms. The van der Waals surface area contributed by atoms with Crippen molar-refractivity contribution in [2.75, 3.05) is 46.4 Å². The van der Waals surface area contributed by atoms with Crippen molar-refractivity contribution in [2.45, 2.75) is 13.3 Å². The lowest BCUT2D eigenvalue weighted by Gasteiger charge is -2.34. The minimum absolute atomic E-state index is 0.0394. The highest BCUT2D eigenvalue weighted by atomic mass is 16.5. The number of nitrogens with one attached hydrogen (secondary N) is 2. The minimum Gasteiger partial charge on any atom is -0.496 e. The average Bonchev–Trinajstić information content (AvgIpc) is 3.05. The molecule has 0 radical (unpaired) electrons. The summed E-state index contributed by atoms with van der Waals surface area (Å²) in [5.41, 5.74) is 2.23. The number of benzene rings is 1. The summed E-state index contributed by atoms with van der Waals surface area (Å²) in [6.45, 7) is 7.37. The lowest BCUT2D eigenvalue weighted by molar-refractivity contribution is 0.143. The van der Waals surface area contributed by atoms with Crippen LogP contribution in [0, 0.1) is 0 Å². The molecule has 2 N–H and O–H groups in total. The fourth-order valence-corrected chi connectivity index (χ4v) is 3.27. The third kappa shape index (κ3) is 3.48. The quantitative estimate of drug-likeness (QED) is 0.882. The number of methoxy groups -OCH3 is 1. The topological polar surface area (TPSA) is 60.6 Å². The molecule has 1 aliphatic heterocycles. The van der Waals surface area contributed by atoms with Crippen LogP contribution in [0.3, 0.4) is 0 Å². The Morgan fingerprint density at radius 2 is 2.08 bits per heavy atom. The second kappa shape index (κ2) is 7.57. The summed E-state index contributed by atoms with van der Waals surface area (Å²) in [7, 11) is 1.68. The van der Waals surface area contributed by atoms with E-state index >= 15 is 0 Å². The Hall–Kier alpha value is -2.21. The SMILES string of the molecule is CCN1CCN(C(=O)NCCc2c[nH]c3cccc(OC)c23)CC1. The predicted octanol–water partition coefficient (Wildman–Crippen LogP) is 2.07. The first-order valence-electron chi connectivity index (χ1n) is 8.61. The van der Waals surface area contributed by atoms with Crippen molar-refractivity contribution < 1.29 is 9.53 Å². The fraction of sp³-hybridized carbons (Fsp3) is 0.500. The normalized spacial score (nSPS) is 15.7. The highest BCUT2D eigenvalue weighted by Gasteiger charge is 2.19. The Balaban J connectivity index is 1.54. The molecular formula is C18H26N4O2. The first-order chi connectivity index (χ1) is 11.7. The van der Waals surface area contributed by atoms with Crippen LogP contribution in [0.5, 0.6) is 5.75 Å². The van der Waals surface area contributed by atoms with E-state index in [0.717, 1.165) is 55.8 Å². The summed E-state index contributed by atoms with van der Waals surface area (Å²) < 4.78 is 5.45. The number of piperazine rings is 1. The number of carbonyl (C=O) groups excluding carboxylic acids is 1. The lowest BCUT2D eigenvalue weighted by Crippen LogP contribution is -2.51. The van der Waals surface area contributed by atoms with Gasteiger partial charge in [0, 0.05) is 49.8 Å². The standard InChI is InChI=1S/C18H26N4O2/c1-3-21-9-11-22(12-10-21)18(23)19-8-7-14-13-20-15-5-4-6-16(24-2)17(14)15/h4-6,13,20H,3,7-12H2,1-2H3,(H,19,23). The van der Waals surface area contributed by atoms with Gasteiger partial charge in [0.05, 0.1) is 7.11 Å². The largest absolute Gasteiger partial charge is 0.496 e. The van der Waals surface area contributed by atoms with E-state index in [1.807, 2.05) is 29.3 Å². The fourth-order valence-electron chi connectivity index (χ4n) is 3.27. The van der Waals surface area contributed by atoms with E-state index in [9.17, 15) is 4.79 Å². The van der Waals surface area contributed by atoms with Crippen molar-refractivity contribution in [1.29, 1.82) is 0 Å². The monoisotopic (exact) mass is 330 g/mol. The third-order valence-electron chi connectivity index (χ3n) is 4.75. The number of carbonyl (C=O) groups is 1. The number of hydrogen-bond donors (Lipinski definition) is 2. The molecule has 0 spiro atoms. The minimum atomic E-state index is 0.0394. The molecule has 0 aliphatic carbocycles. The maximum Gasteiger partial charge on any atom is 0.317 e. The molecule has 1 aromatic carbocycles. The molecule has 6 heteroatoms. The zero-order chi connectivity index (χ0) is 16.9. The van der Waals surface area contributed by atoms with Crippen molar-refractivity contribution in [1.82, 2.24) is 20.1 Å². The van der Waals surface area contributed by atoms with Crippen LogP contribution >= 0.6 is 0 Å². The van der Waals surface area contributed by atoms with Gasteiger partial charge >= 0.3 is 6.03 Å². The summed E-state index contributed by atoms with van der Waals surface area (Å²) >= 11 is 0. The zero-order valence-corrected chi connectivity index (χ0v) is 14.5. The van der Waals surface area contributed by atoms with Crippen molar-refractivity contribution in [3.63, 3.8) is 0 Å². The number of aromatic amines is 1. The van der Waals surface area contributed by atoms with Gasteiger partial charge in [-0.3, -0.25) is 0 Å². The molecule has 130 valence electrons. The van der Waals surface area contributed by atoms with Crippen LogP contribution < -0.4 is 10.1 Å². The zero-order valence-electron chi connectivity index (χ0n) is 14.5. The molecule has 0 unspecified atom stereocenters. The van der Waals surface area contributed by atoms with Gasteiger partial charge in [0.15, 0.2) is 0 Å². The van der Waals surface area contributed by atoms with Crippen molar-refractivity contribution in [3.05, 3.63) is 30.0 Å². The summed E-state index contributed by atoms with van der Waals surface area (Å²) in [5, 5.41) is 4.14. The van der Waals surface area contributed by atoms with E-state index in [0.29, 0.717) is 6.54 Å². The van der Waals surface area contributed by atoms with Gasteiger partial charge in [-0.15, -0.1) is 0 Å². The second-order valence-electron chi connectivity index (χ2n) is 6.10. The van der Waals surface area contributed by atoms with Crippen molar-refractivity contribution in [3.8, 4) is 5.75 Å². The number of aromatic nitrogens is 1. The molecule has 0 atom stereocenters. The number of likely N-dealkylation sites (N-methyl/N-ethyl adjacent to an activating group) is 1. The first-order valence-corrected chi connectivity index (χ1v) is 8.61. The average molecular weight is 330 g/mol. The van der Waals surface area contributed by atoms with Crippen LogP contribution in [0.2, 0.25) is 0 Å². The molecular weight excluding hydrogens is 304 g/mol. The number of H-pyrrole nitrogens is 1. The van der Waals surface area contributed by atoms with E-state index < -0.39 is 0 Å². The number of fused-ring (bicyclic) bond motifs is 1. The van der Waals surface area contributed by atoms with Gasteiger partial charge in [-0.05, 0) is 30.7 Å². The summed E-state index contributed by atoms with van der Waals surface area (Å²) in [4.78, 5) is 19.8. The summed E-state index contributed by atoms with van der Waals surface area (Å²) in [5.74, 6) is 0.866. The van der Waals surface area contributed by atoms with Gasteiger partial charge < -0.3 is 24.8 Å². The van der Waals surface area contributed by atoms with Crippen molar-refractivity contribution >= 4 is 16.9 Å². The van der Waals surface area contributed by atoms with Gasteiger partial charge in [-0.25, -0.2) is 4.79 Å². The Bertz CT molecular complexity index is 689. The molecule has 2 amide bonds. The van der Waals surface area contributed by atoms with Gasteiger partial charge in [0.1, 0.15) is 5.75 Å². The number of hydrogen-bond acceptors (Lipinski definition) is 3. The molecule has 2 heterocycles. The molecule has 2 aromatic rings. The highest BCUT2D eigenvalue weighted by molar-refractivity contribution is 5.89. The number of rotatable bonds is 5. The Morgan fingerprint density at radius 1 is 1.29 bits per heavy atom. The van der Waals surface area contributed by atoms with Crippen LogP contribution in [0.1, 0.15) is 12.5 Å². The molecule has 0 saturated carbocycles. The smallest absolute Gasteiger partial charge is 0.317 e. The van der Waals surface area contributed by atoms with Crippen LogP contribution in [0.25, 0.3) is 10.9 Å². The number of amides is 2. The Morgan fingerprint density at radius 3 is 2.79 bits per heavy atom. The van der Waals surface area contributed by atoms with Crippen LogP contribution in [0.15, 0.2) is 24.4 Å². The molecule has 3 rings (SSSR count). The third-order valence-corrected chi connectivity index (χ3v) is 4.75. The van der Waals surface area contributed by atoms with Crippen LogP contribution in [-0.4, -0.2) is 67.2 Å². The van der Waals surface area contributed by atoms with Gasteiger partial charge in [-0.2, -0.15) is 0 Å². The van der Waals surface area contributed by atoms with Crippen molar-refractivity contribution in [2.24, 2.45) is 0 Å². The Labute approximate surface area is 142 Å². The van der Waals surface area contributed by atoms with E-state index in [1.165, 1.54) is 5.56 Å². The maximum absolute atomic E-state index is 12.3. The van der Waals surface area contributed by atoms with E-state index in [4.69, 9.17) is 4.74 Å². The van der Waals surface area contributed by atoms with E-state index in [-0.39, 0.29) is 6.03 Å². The van der Waals surface area contributed by atoms with Gasteiger partial charge in [0.25, 0.3) is 0 Å². The molecule has 1 fully saturated rings. The highest BCUT2D eigenvalue weighted by Crippen LogP contribution is 2.28. The number of urea groups is 1. The van der Waals surface area contributed by atoms with Gasteiger partial charge in [0.2, 0.25) is 0 Å². The maximum atomic E-state index is 12.3. The lowest BCUT2D eigenvalue weighted by atomic mass is 10.1. The second-order valence-corrected chi connectivity index (χ2v) is 6.10. The Kier molecular flexibility index (Phi) is 5.25. The van der Waals surface area contributed by atoms with Crippen LogP contribution in [-0.2, 0) is 6.42 Å². The van der Waals surface area contributed by atoms with E-state index in [1.54, 1.807) is 7.11 Å². The summed E-state index contributed by atoms with van der Waals surface area (Å²) in [6, 6.07) is 6.01. The summed E-state index contributed by atoms with van der Waals surface area (Å²) in [6.07, 6.45) is 2.78. The molecule has 1 aliphatic rings. The molecule has 6 nitrogen and oxygen atoms in total. The predicted molar refractivity (Wildman–Crippen MR) is 95.6 cm³/mol. The van der Waals surface area contributed by atoms with E-state index in [2.05, 4.69) is 22.1 Å². The van der Waals surface area contributed by atoms with Gasteiger partial charge in [-0.1, -0.05) is 13.0 Å². The number of nitrogens with zero attached hydrogens (tertiary/aromatic N) is 2.